The third-order valence-corrected chi connectivity index (χ3v) is 2.50. The average molecular weight is 210 g/mol. The van der Waals surface area contributed by atoms with Crippen LogP contribution in [0.1, 0.15) is 25.0 Å². The largest absolute Gasteiger partial charge is 0.253 e. The second-order valence-corrected chi connectivity index (χ2v) is 3.76. The van der Waals surface area contributed by atoms with Crippen LogP contribution >= 0.6 is 0 Å². The van der Waals surface area contributed by atoms with Crippen LogP contribution in [0.3, 0.4) is 0 Å². The van der Waals surface area contributed by atoms with Crippen molar-refractivity contribution in [2.24, 2.45) is 0 Å². The number of terminal acetylenes is 1. The molecule has 0 radical (unpaired) electrons. The van der Waals surface area contributed by atoms with Gasteiger partial charge in [-0.05, 0) is 31.4 Å². The van der Waals surface area contributed by atoms with Crippen molar-refractivity contribution in [1.82, 2.24) is 9.97 Å². The number of para-hydroxylation sites is 2. The molecule has 0 saturated carbocycles. The highest BCUT2D eigenvalue weighted by Gasteiger charge is 1.98. The molecule has 2 nitrogen and oxygen atoms in total. The number of aryl methyl sites for hydroxylation is 1. The summed E-state index contributed by atoms with van der Waals surface area (Å²) in [6.45, 7) is 0. The third kappa shape index (κ3) is 2.58. The Morgan fingerprint density at radius 3 is 2.75 bits per heavy atom. The number of nitrogens with zero attached hydrogens (tertiary/aromatic N) is 2. The van der Waals surface area contributed by atoms with E-state index < -0.39 is 0 Å². The molecule has 0 amide bonds. The summed E-state index contributed by atoms with van der Waals surface area (Å²) in [6, 6.07) is 7.93. The monoisotopic (exact) mass is 210 g/mol. The van der Waals surface area contributed by atoms with Crippen molar-refractivity contribution in [3.05, 3.63) is 36.2 Å². The van der Waals surface area contributed by atoms with E-state index in [1.807, 2.05) is 30.5 Å². The fraction of sp³-hybridized carbons (Fsp3) is 0.286. The first-order valence-electron chi connectivity index (χ1n) is 5.54. The van der Waals surface area contributed by atoms with Crippen molar-refractivity contribution >= 4 is 11.0 Å². The van der Waals surface area contributed by atoms with Crippen LogP contribution in [0.4, 0.5) is 0 Å². The van der Waals surface area contributed by atoms with E-state index in [-0.39, 0.29) is 0 Å². The molecule has 0 N–H and O–H groups in total. The van der Waals surface area contributed by atoms with E-state index in [2.05, 4.69) is 15.9 Å². The molecule has 0 bridgehead atoms. The molecule has 0 fully saturated rings. The van der Waals surface area contributed by atoms with Gasteiger partial charge in [0, 0.05) is 12.6 Å². The molecule has 0 spiro atoms. The molecule has 0 aliphatic rings. The van der Waals surface area contributed by atoms with Crippen LogP contribution in [0.2, 0.25) is 0 Å². The standard InChI is InChI=1S/C14H14N2/c1-2-3-4-5-8-12-11-15-13-9-6-7-10-14(13)16-12/h1,6-7,9-11H,3-5,8H2. The van der Waals surface area contributed by atoms with E-state index in [1.54, 1.807) is 0 Å². The van der Waals surface area contributed by atoms with Crippen molar-refractivity contribution in [3.63, 3.8) is 0 Å². The summed E-state index contributed by atoms with van der Waals surface area (Å²) in [5.41, 5.74) is 2.97. The minimum absolute atomic E-state index is 0.848. The zero-order valence-electron chi connectivity index (χ0n) is 9.19. The molecular weight excluding hydrogens is 196 g/mol. The van der Waals surface area contributed by atoms with Crippen LogP contribution < -0.4 is 0 Å². The van der Waals surface area contributed by atoms with Crippen LogP contribution in [0.25, 0.3) is 11.0 Å². The zero-order chi connectivity index (χ0) is 11.2. The molecule has 0 saturated heterocycles. The number of unbranched alkanes of at least 4 members (excludes halogenated alkanes) is 2. The molecule has 16 heavy (non-hydrogen) atoms. The lowest BCUT2D eigenvalue weighted by Crippen LogP contribution is -1.93. The molecule has 0 aliphatic heterocycles. The van der Waals surface area contributed by atoms with E-state index in [4.69, 9.17) is 6.42 Å². The van der Waals surface area contributed by atoms with Crippen molar-refractivity contribution in [1.29, 1.82) is 0 Å². The topological polar surface area (TPSA) is 25.8 Å². The number of hydrogen-bond acceptors (Lipinski definition) is 2. The minimum atomic E-state index is 0.848. The van der Waals surface area contributed by atoms with Gasteiger partial charge in [0.15, 0.2) is 0 Å². The Morgan fingerprint density at radius 1 is 1.12 bits per heavy atom. The highest BCUT2D eigenvalue weighted by molar-refractivity contribution is 5.73. The lowest BCUT2D eigenvalue weighted by molar-refractivity contribution is 0.742. The average Bonchev–Trinajstić information content (AvgIpc) is 2.34. The third-order valence-electron chi connectivity index (χ3n) is 2.50. The van der Waals surface area contributed by atoms with Crippen molar-refractivity contribution < 1.29 is 0 Å². The van der Waals surface area contributed by atoms with Gasteiger partial charge in [0.2, 0.25) is 0 Å². The van der Waals surface area contributed by atoms with E-state index in [9.17, 15) is 0 Å². The summed E-state index contributed by atoms with van der Waals surface area (Å²) in [7, 11) is 0. The predicted molar refractivity (Wildman–Crippen MR) is 65.9 cm³/mol. The Morgan fingerprint density at radius 2 is 1.94 bits per heavy atom. The van der Waals surface area contributed by atoms with Crippen LogP contribution in [0, 0.1) is 12.3 Å². The summed E-state index contributed by atoms with van der Waals surface area (Å²) in [6.07, 6.45) is 11.0. The SMILES string of the molecule is C#CCCCCc1cnc2ccccc2n1. The number of aromatic nitrogens is 2. The summed E-state index contributed by atoms with van der Waals surface area (Å²) in [4.78, 5) is 8.94. The molecule has 1 heterocycles. The van der Waals surface area contributed by atoms with Gasteiger partial charge in [-0.1, -0.05) is 12.1 Å². The fourth-order valence-electron chi connectivity index (χ4n) is 1.65. The molecule has 0 atom stereocenters. The van der Waals surface area contributed by atoms with Gasteiger partial charge < -0.3 is 0 Å². The number of rotatable bonds is 4. The highest BCUT2D eigenvalue weighted by atomic mass is 14.8. The zero-order valence-corrected chi connectivity index (χ0v) is 9.19. The van der Waals surface area contributed by atoms with E-state index in [1.165, 1.54) is 0 Å². The van der Waals surface area contributed by atoms with Gasteiger partial charge in [0.1, 0.15) is 0 Å². The molecule has 2 heteroatoms. The maximum Gasteiger partial charge on any atom is 0.0890 e. The molecule has 1 aromatic carbocycles. The highest BCUT2D eigenvalue weighted by Crippen LogP contribution is 2.10. The van der Waals surface area contributed by atoms with Crippen LogP contribution in [-0.4, -0.2) is 9.97 Å². The number of fused-ring (bicyclic) bond motifs is 1. The molecular formula is C14H14N2. The van der Waals surface area contributed by atoms with Crippen LogP contribution in [0.5, 0.6) is 0 Å². The Kier molecular flexibility index (Phi) is 3.50. The second-order valence-electron chi connectivity index (χ2n) is 3.76. The van der Waals surface area contributed by atoms with Gasteiger partial charge >= 0.3 is 0 Å². The normalized spacial score (nSPS) is 10.2. The molecule has 1 aromatic heterocycles. The summed E-state index contributed by atoms with van der Waals surface area (Å²) >= 11 is 0. The van der Waals surface area contributed by atoms with Gasteiger partial charge in [-0.3, -0.25) is 4.98 Å². The summed E-state index contributed by atoms with van der Waals surface area (Å²) in [5, 5.41) is 0. The van der Waals surface area contributed by atoms with Crippen LogP contribution in [-0.2, 0) is 6.42 Å². The molecule has 80 valence electrons. The van der Waals surface area contributed by atoms with Gasteiger partial charge in [-0.15, -0.1) is 12.3 Å². The lowest BCUT2D eigenvalue weighted by Gasteiger charge is -2.01. The fourth-order valence-corrected chi connectivity index (χ4v) is 1.65. The van der Waals surface area contributed by atoms with Gasteiger partial charge in [0.25, 0.3) is 0 Å². The molecule has 0 unspecified atom stereocenters. The van der Waals surface area contributed by atoms with E-state index >= 15 is 0 Å². The molecule has 2 rings (SSSR count). The van der Waals surface area contributed by atoms with Gasteiger partial charge in [-0.25, -0.2) is 4.98 Å². The Balaban J connectivity index is 2.05. The van der Waals surface area contributed by atoms with Crippen molar-refractivity contribution in [2.75, 3.05) is 0 Å². The number of benzene rings is 1. The maximum atomic E-state index is 5.20. The first kappa shape index (κ1) is 10.6. The molecule has 0 aliphatic carbocycles. The Bertz CT molecular complexity index is 511. The first-order chi connectivity index (χ1) is 7.90. The smallest absolute Gasteiger partial charge is 0.0890 e. The van der Waals surface area contributed by atoms with E-state index in [0.717, 1.165) is 42.4 Å². The maximum absolute atomic E-state index is 5.20. The van der Waals surface area contributed by atoms with Crippen LogP contribution in [0.15, 0.2) is 30.5 Å². The van der Waals surface area contributed by atoms with Gasteiger partial charge in [0.05, 0.1) is 16.7 Å². The Labute approximate surface area is 95.7 Å². The van der Waals surface area contributed by atoms with Gasteiger partial charge in [-0.2, -0.15) is 0 Å². The first-order valence-corrected chi connectivity index (χ1v) is 5.54. The second kappa shape index (κ2) is 5.27. The predicted octanol–water partition coefficient (Wildman–Crippen LogP) is 2.98. The summed E-state index contributed by atoms with van der Waals surface area (Å²) in [5.74, 6) is 2.65. The number of hydrogen-bond donors (Lipinski definition) is 0. The van der Waals surface area contributed by atoms with Crippen molar-refractivity contribution in [3.8, 4) is 12.3 Å². The van der Waals surface area contributed by atoms with Crippen molar-refractivity contribution in [2.45, 2.75) is 25.7 Å². The van der Waals surface area contributed by atoms with E-state index in [0.29, 0.717) is 0 Å². The minimum Gasteiger partial charge on any atom is -0.253 e. The molecule has 2 aromatic rings. The lowest BCUT2D eigenvalue weighted by atomic mass is 10.1. The quantitative estimate of drug-likeness (QED) is 0.572. The summed E-state index contributed by atoms with van der Waals surface area (Å²) < 4.78 is 0. The Hall–Kier alpha value is -1.88.